The Labute approximate surface area is 266 Å². The van der Waals surface area contributed by atoms with Crippen molar-refractivity contribution in [1.29, 1.82) is 5.26 Å². The number of hydrogen-bond acceptors (Lipinski definition) is 10. The predicted octanol–water partition coefficient (Wildman–Crippen LogP) is 5.88. The largest absolute Gasteiger partial charge is 0.490 e. The summed E-state index contributed by atoms with van der Waals surface area (Å²) in [4.78, 5) is 27.0. The number of rotatable bonds is 9. The topological polar surface area (TPSA) is 93.4 Å². The normalized spacial score (nSPS) is 19.4. The maximum atomic E-state index is 14.2. The number of nitriles is 1. The van der Waals surface area contributed by atoms with E-state index in [1.165, 1.54) is 11.8 Å². The summed E-state index contributed by atoms with van der Waals surface area (Å²) in [5.74, 6) is 0.700. The van der Waals surface area contributed by atoms with Crippen LogP contribution in [0.15, 0.2) is 86.6 Å². The fraction of sp³-hybridized carbons (Fsp3) is 0.303. The molecule has 9 nitrogen and oxygen atoms in total. The Morgan fingerprint density at radius 2 is 1.89 bits per heavy atom. The Balaban J connectivity index is 1.32. The molecule has 2 saturated heterocycles. The first-order valence-corrected chi connectivity index (χ1v) is 16.3. The minimum atomic E-state index is -0.101. The van der Waals surface area contributed by atoms with Gasteiger partial charge in [0.1, 0.15) is 17.3 Å². The van der Waals surface area contributed by atoms with Gasteiger partial charge in [0.15, 0.2) is 5.17 Å². The number of fused-ring (bicyclic) bond motifs is 1. The first-order valence-electron chi connectivity index (χ1n) is 14.7. The number of nitrogens with zero attached hydrogens (tertiary/aromatic N) is 5. The second-order valence-corrected chi connectivity index (χ2v) is 12.5. The quantitative estimate of drug-likeness (QED) is 0.293. The van der Waals surface area contributed by atoms with Crippen LogP contribution in [0.4, 0.5) is 17.1 Å². The molecule has 0 aliphatic carbocycles. The van der Waals surface area contributed by atoms with Gasteiger partial charge in [-0.3, -0.25) is 14.6 Å². The Hall–Kier alpha value is -3.95. The van der Waals surface area contributed by atoms with Gasteiger partial charge in [-0.05, 0) is 54.6 Å². The molecule has 0 aromatic heterocycles. The minimum absolute atomic E-state index is 0.101. The zero-order chi connectivity index (χ0) is 30.5. The van der Waals surface area contributed by atoms with Crippen LogP contribution in [0.25, 0.3) is 0 Å². The van der Waals surface area contributed by atoms with E-state index < -0.39 is 0 Å². The molecule has 2 fully saturated rings. The number of amides is 1. The van der Waals surface area contributed by atoms with Crippen molar-refractivity contribution in [3.8, 4) is 11.8 Å². The molecule has 3 aliphatic rings. The number of thioether (sulfide) groups is 2. The molecule has 11 heteroatoms. The Bertz CT molecular complexity index is 1630. The average molecular weight is 627 g/mol. The summed E-state index contributed by atoms with van der Waals surface area (Å²) in [5, 5.41) is 14.3. The lowest BCUT2D eigenvalue weighted by molar-refractivity contribution is -0.122. The molecule has 0 radical (unpaired) electrons. The number of carbonyl (C=O) groups excluding carboxylic acids is 1. The number of para-hydroxylation sites is 1. The minimum Gasteiger partial charge on any atom is -0.490 e. The third kappa shape index (κ3) is 6.44. The summed E-state index contributed by atoms with van der Waals surface area (Å²) in [5.41, 5.74) is 3.91. The maximum absolute atomic E-state index is 14.2. The summed E-state index contributed by atoms with van der Waals surface area (Å²) < 4.78 is 11.8. The summed E-state index contributed by atoms with van der Waals surface area (Å²) >= 11 is 2.94. The van der Waals surface area contributed by atoms with Gasteiger partial charge in [0.25, 0.3) is 5.91 Å². The van der Waals surface area contributed by atoms with Gasteiger partial charge in [-0.1, -0.05) is 48.2 Å². The maximum Gasteiger partial charge on any atom is 0.269 e. The number of aliphatic imine (C=N–C) groups is 1. The van der Waals surface area contributed by atoms with Crippen LogP contribution in [0.3, 0.4) is 0 Å². The Morgan fingerprint density at radius 3 is 2.66 bits per heavy atom. The third-order valence-corrected chi connectivity index (χ3v) is 9.95. The molecule has 0 saturated carbocycles. The van der Waals surface area contributed by atoms with E-state index in [9.17, 15) is 10.1 Å². The van der Waals surface area contributed by atoms with Crippen LogP contribution in [0, 0.1) is 11.3 Å². The van der Waals surface area contributed by atoms with Crippen LogP contribution in [-0.2, 0) is 16.1 Å². The van der Waals surface area contributed by atoms with E-state index in [1.807, 2.05) is 62.5 Å². The van der Waals surface area contributed by atoms with Gasteiger partial charge in [-0.15, -0.1) is 0 Å². The van der Waals surface area contributed by atoms with Crippen molar-refractivity contribution in [2.45, 2.75) is 18.4 Å². The molecule has 0 bridgehead atoms. The SMILES string of the molecule is CCNc1ccc(C#N)cc1N=C1SC(=C2Sc3cccc(OCCN4CCOCC4)c3N2C)C(=O)N1Cc1ccccc1. The number of ether oxygens (including phenoxy) is 2. The molecule has 0 atom stereocenters. The van der Waals surface area contributed by atoms with E-state index in [0.717, 1.165) is 65.5 Å². The first kappa shape index (κ1) is 30.1. The number of nitrogens with one attached hydrogen (secondary N) is 1. The highest BCUT2D eigenvalue weighted by molar-refractivity contribution is 8.19. The lowest BCUT2D eigenvalue weighted by Gasteiger charge is -2.26. The second kappa shape index (κ2) is 13.8. The van der Waals surface area contributed by atoms with E-state index in [0.29, 0.717) is 41.0 Å². The average Bonchev–Trinajstić information content (AvgIpc) is 3.54. The Kier molecular flexibility index (Phi) is 9.43. The number of morpholine rings is 1. The highest BCUT2D eigenvalue weighted by atomic mass is 32.2. The van der Waals surface area contributed by atoms with Crippen LogP contribution in [-0.4, -0.2) is 73.9 Å². The monoisotopic (exact) mass is 626 g/mol. The fourth-order valence-electron chi connectivity index (χ4n) is 5.27. The highest BCUT2D eigenvalue weighted by Gasteiger charge is 2.40. The number of benzene rings is 3. The molecule has 3 aromatic carbocycles. The molecule has 1 amide bonds. The fourth-order valence-corrected chi connectivity index (χ4v) is 7.63. The van der Waals surface area contributed by atoms with Crippen molar-refractivity contribution in [1.82, 2.24) is 9.80 Å². The van der Waals surface area contributed by atoms with Gasteiger partial charge in [0, 0.05) is 38.1 Å². The molecule has 226 valence electrons. The van der Waals surface area contributed by atoms with E-state index in [4.69, 9.17) is 14.5 Å². The zero-order valence-electron chi connectivity index (χ0n) is 24.8. The standard InChI is InChI=1S/C33H34N6O3S2/c1-3-35-25-13-12-24(21-34)20-26(25)36-33-39(22-23-8-5-4-6-9-23)31(40)30(44-33)32-37(2)29-27(10-7-11-28(29)43-32)42-19-16-38-14-17-41-18-15-38/h4-13,20,35H,3,14-19,22H2,1-2H3. The number of carbonyl (C=O) groups is 1. The molecular weight excluding hydrogens is 593 g/mol. The zero-order valence-corrected chi connectivity index (χ0v) is 26.4. The van der Waals surface area contributed by atoms with Gasteiger partial charge in [-0.2, -0.15) is 5.26 Å². The van der Waals surface area contributed by atoms with Crippen molar-refractivity contribution >= 4 is 51.7 Å². The summed E-state index contributed by atoms with van der Waals surface area (Å²) in [6.45, 7) is 7.87. The van der Waals surface area contributed by atoms with Gasteiger partial charge in [0.2, 0.25) is 0 Å². The number of anilines is 2. The van der Waals surface area contributed by atoms with Crippen molar-refractivity contribution in [3.05, 3.63) is 87.8 Å². The highest BCUT2D eigenvalue weighted by Crippen LogP contribution is 2.53. The molecule has 0 spiro atoms. The van der Waals surface area contributed by atoms with Crippen LogP contribution in [0.5, 0.6) is 5.75 Å². The second-order valence-electron chi connectivity index (χ2n) is 10.4. The third-order valence-electron chi connectivity index (χ3n) is 7.53. The van der Waals surface area contributed by atoms with Gasteiger partial charge in [0.05, 0.1) is 53.5 Å². The van der Waals surface area contributed by atoms with Crippen LogP contribution in [0.1, 0.15) is 18.1 Å². The molecule has 44 heavy (non-hydrogen) atoms. The first-order chi connectivity index (χ1) is 21.6. The van der Waals surface area contributed by atoms with E-state index in [1.54, 1.807) is 28.8 Å². The van der Waals surface area contributed by atoms with Crippen LogP contribution < -0.4 is 15.0 Å². The van der Waals surface area contributed by atoms with Crippen molar-refractivity contribution in [2.24, 2.45) is 4.99 Å². The van der Waals surface area contributed by atoms with Crippen molar-refractivity contribution in [3.63, 3.8) is 0 Å². The molecule has 3 aliphatic heterocycles. The van der Waals surface area contributed by atoms with E-state index in [-0.39, 0.29) is 5.91 Å². The Morgan fingerprint density at radius 1 is 1.07 bits per heavy atom. The van der Waals surface area contributed by atoms with E-state index >= 15 is 0 Å². The lowest BCUT2D eigenvalue weighted by Crippen LogP contribution is -2.38. The lowest BCUT2D eigenvalue weighted by atomic mass is 10.2. The summed E-state index contributed by atoms with van der Waals surface area (Å²) in [6.07, 6.45) is 0. The smallest absolute Gasteiger partial charge is 0.269 e. The summed E-state index contributed by atoms with van der Waals surface area (Å²) in [6, 6.07) is 23.6. The molecule has 3 aromatic rings. The molecule has 0 unspecified atom stereocenters. The molecule has 6 rings (SSSR count). The van der Waals surface area contributed by atoms with Crippen LogP contribution >= 0.6 is 23.5 Å². The van der Waals surface area contributed by atoms with Crippen molar-refractivity contribution in [2.75, 3.05) is 63.3 Å². The molecular formula is C33H34N6O3S2. The molecule has 3 heterocycles. The number of hydrogen-bond donors (Lipinski definition) is 1. The van der Waals surface area contributed by atoms with Gasteiger partial charge >= 0.3 is 0 Å². The number of amidine groups is 1. The van der Waals surface area contributed by atoms with Gasteiger partial charge < -0.3 is 19.7 Å². The molecule has 1 N–H and O–H groups in total. The predicted molar refractivity (Wildman–Crippen MR) is 177 cm³/mol. The van der Waals surface area contributed by atoms with Crippen LogP contribution in [0.2, 0.25) is 0 Å². The van der Waals surface area contributed by atoms with Crippen molar-refractivity contribution < 1.29 is 14.3 Å². The van der Waals surface area contributed by atoms with Gasteiger partial charge in [-0.25, -0.2) is 4.99 Å². The van der Waals surface area contributed by atoms with E-state index in [2.05, 4.69) is 27.3 Å². The summed E-state index contributed by atoms with van der Waals surface area (Å²) in [7, 11) is 1.99.